The Morgan fingerprint density at radius 2 is 1.80 bits per heavy atom. The van der Waals surface area contributed by atoms with Crippen molar-refractivity contribution < 1.29 is 18.0 Å². The maximum Gasteiger partial charge on any atom is 0.451 e. The summed E-state index contributed by atoms with van der Waals surface area (Å²) in [7, 11) is 0. The number of likely N-dealkylation sites (N-methyl/N-ethyl adjacent to an activating group) is 1. The number of rotatable bonds is 6. The summed E-state index contributed by atoms with van der Waals surface area (Å²) >= 11 is 0. The zero-order valence-corrected chi connectivity index (χ0v) is 16.5. The number of benzene rings is 1. The second kappa shape index (κ2) is 7.64. The van der Waals surface area contributed by atoms with Crippen LogP contribution in [0.25, 0.3) is 22.0 Å². The minimum Gasteiger partial charge on any atom is -0.384 e. The molecule has 2 heterocycles. The fraction of sp³-hybridized carbons (Fsp3) is 0.333. The molecule has 9 heteroatoms. The smallest absolute Gasteiger partial charge is 0.384 e. The molecule has 0 bridgehead atoms. The van der Waals surface area contributed by atoms with Crippen LogP contribution in [0.1, 0.15) is 35.7 Å². The molecule has 0 saturated carbocycles. The number of halogens is 3. The fourth-order valence-electron chi connectivity index (χ4n) is 3.67. The Kier molecular flexibility index (Phi) is 5.15. The van der Waals surface area contributed by atoms with Crippen LogP contribution in [0, 0.1) is 0 Å². The van der Waals surface area contributed by atoms with E-state index < -0.39 is 17.8 Å². The summed E-state index contributed by atoms with van der Waals surface area (Å²) < 4.78 is 39.0. The van der Waals surface area contributed by atoms with Gasteiger partial charge in [-0.05, 0) is 31.3 Å². The first-order valence-corrected chi connectivity index (χ1v) is 9.71. The highest BCUT2D eigenvalue weighted by Gasteiger charge is 2.38. The number of pyridine rings is 1. The predicted molar refractivity (Wildman–Crippen MR) is 107 cm³/mol. The van der Waals surface area contributed by atoms with E-state index in [1.807, 2.05) is 18.2 Å². The molecule has 1 aliphatic carbocycles. The van der Waals surface area contributed by atoms with E-state index in [0.29, 0.717) is 22.0 Å². The number of aromatic nitrogens is 3. The highest BCUT2D eigenvalue weighted by molar-refractivity contribution is 6.24. The Morgan fingerprint density at radius 3 is 2.50 bits per heavy atom. The van der Waals surface area contributed by atoms with Gasteiger partial charge in [0.2, 0.25) is 11.6 Å². The summed E-state index contributed by atoms with van der Waals surface area (Å²) in [5, 5.41) is 4.03. The highest BCUT2D eigenvalue weighted by Crippen LogP contribution is 2.41. The number of alkyl halides is 3. The average Bonchev–Trinajstić information content (AvgIpc) is 3.02. The third-order valence-corrected chi connectivity index (χ3v) is 5.29. The minimum atomic E-state index is -4.72. The minimum absolute atomic E-state index is 0.235. The molecule has 0 radical (unpaired) electrons. The van der Waals surface area contributed by atoms with Gasteiger partial charge in [0.1, 0.15) is 5.69 Å². The van der Waals surface area contributed by atoms with Crippen LogP contribution in [0.5, 0.6) is 0 Å². The molecular formula is C21H20F3N5O. The molecule has 156 valence electrons. The first-order chi connectivity index (χ1) is 14.3. The van der Waals surface area contributed by atoms with Crippen molar-refractivity contribution in [3.63, 3.8) is 0 Å². The lowest BCUT2D eigenvalue weighted by molar-refractivity contribution is -0.145. The van der Waals surface area contributed by atoms with Gasteiger partial charge in [0.25, 0.3) is 0 Å². The van der Waals surface area contributed by atoms with Gasteiger partial charge in [-0.3, -0.25) is 9.78 Å². The highest BCUT2D eigenvalue weighted by atomic mass is 19.4. The van der Waals surface area contributed by atoms with Crippen LogP contribution >= 0.6 is 0 Å². The number of hydrogen-bond donors (Lipinski definition) is 1. The average molecular weight is 415 g/mol. The molecule has 30 heavy (non-hydrogen) atoms. The van der Waals surface area contributed by atoms with Crippen molar-refractivity contribution in [2.75, 3.05) is 31.5 Å². The second-order valence-corrected chi connectivity index (χ2v) is 7.02. The zero-order chi connectivity index (χ0) is 21.5. The molecule has 0 saturated heterocycles. The normalized spacial score (nSPS) is 13.1. The Labute approximate surface area is 171 Å². The third kappa shape index (κ3) is 3.49. The molecule has 0 spiro atoms. The molecular weight excluding hydrogens is 395 g/mol. The van der Waals surface area contributed by atoms with Crippen LogP contribution in [-0.4, -0.2) is 51.8 Å². The maximum absolute atomic E-state index is 13.0. The van der Waals surface area contributed by atoms with E-state index in [9.17, 15) is 18.0 Å². The van der Waals surface area contributed by atoms with Gasteiger partial charge in [0.15, 0.2) is 0 Å². The van der Waals surface area contributed by atoms with E-state index in [0.717, 1.165) is 38.1 Å². The first kappa shape index (κ1) is 20.2. The molecule has 1 aromatic carbocycles. The van der Waals surface area contributed by atoms with E-state index >= 15 is 0 Å². The van der Waals surface area contributed by atoms with Crippen molar-refractivity contribution >= 4 is 22.4 Å². The molecule has 4 rings (SSSR count). The van der Waals surface area contributed by atoms with Crippen LogP contribution in [-0.2, 0) is 6.18 Å². The number of fused-ring (bicyclic) bond motifs is 5. The summed E-state index contributed by atoms with van der Waals surface area (Å²) in [4.78, 5) is 26.2. The van der Waals surface area contributed by atoms with E-state index in [1.165, 1.54) is 6.20 Å². The number of anilines is 1. The van der Waals surface area contributed by atoms with Gasteiger partial charge < -0.3 is 10.2 Å². The lowest BCUT2D eigenvalue weighted by Gasteiger charge is -2.18. The molecule has 0 amide bonds. The number of carbonyl (C=O) groups is 1. The summed E-state index contributed by atoms with van der Waals surface area (Å²) in [6, 6.07) is 5.58. The van der Waals surface area contributed by atoms with Crippen molar-refractivity contribution in [2.45, 2.75) is 20.0 Å². The Balaban J connectivity index is 1.73. The standard InChI is InChI=1S/C21H20F3N5O/c1-3-29(4-2)8-7-25-12-5-6-16-13(9-12)17-14-10-27-20(21(22,23)24)28-18(14)19(30)15(17)11-26-16/h5-6,9-11,25H,3-4,7-8H2,1-2H3. The quantitative estimate of drug-likeness (QED) is 0.513. The molecule has 0 aliphatic heterocycles. The van der Waals surface area contributed by atoms with E-state index in [1.54, 1.807) is 0 Å². The summed E-state index contributed by atoms with van der Waals surface area (Å²) in [6.07, 6.45) is -2.25. The summed E-state index contributed by atoms with van der Waals surface area (Å²) in [6.45, 7) is 7.76. The predicted octanol–water partition coefficient (Wildman–Crippen LogP) is 4.01. The topological polar surface area (TPSA) is 71.0 Å². The molecule has 0 fully saturated rings. The first-order valence-electron chi connectivity index (χ1n) is 9.71. The van der Waals surface area contributed by atoms with E-state index in [-0.39, 0.29) is 11.3 Å². The van der Waals surface area contributed by atoms with Crippen molar-refractivity contribution in [1.29, 1.82) is 0 Å². The lowest BCUT2D eigenvalue weighted by atomic mass is 10.0. The van der Waals surface area contributed by atoms with Crippen LogP contribution in [0.2, 0.25) is 0 Å². The van der Waals surface area contributed by atoms with Crippen molar-refractivity contribution in [1.82, 2.24) is 19.9 Å². The second-order valence-electron chi connectivity index (χ2n) is 7.02. The molecule has 1 aliphatic rings. The number of ketones is 1. The van der Waals surface area contributed by atoms with Gasteiger partial charge in [0.05, 0.1) is 11.1 Å². The SMILES string of the molecule is CCN(CC)CCNc1ccc2ncc3c(c2c1)-c1cnc(C(F)(F)F)nc1C3=O. The molecule has 2 aromatic heterocycles. The molecule has 3 aromatic rings. The molecule has 0 atom stereocenters. The number of nitrogens with zero attached hydrogens (tertiary/aromatic N) is 4. The van der Waals surface area contributed by atoms with Crippen LogP contribution in [0.3, 0.4) is 0 Å². The van der Waals surface area contributed by atoms with Gasteiger partial charge in [0, 0.05) is 47.7 Å². The van der Waals surface area contributed by atoms with Crippen LogP contribution < -0.4 is 5.32 Å². The van der Waals surface area contributed by atoms with E-state index in [2.05, 4.69) is 39.0 Å². The summed E-state index contributed by atoms with van der Waals surface area (Å²) in [5.74, 6) is -1.89. The van der Waals surface area contributed by atoms with Crippen molar-refractivity contribution in [3.8, 4) is 11.1 Å². The van der Waals surface area contributed by atoms with Gasteiger partial charge in [-0.25, -0.2) is 9.97 Å². The van der Waals surface area contributed by atoms with Crippen LogP contribution in [0.4, 0.5) is 18.9 Å². The van der Waals surface area contributed by atoms with Gasteiger partial charge in [-0.2, -0.15) is 13.2 Å². The van der Waals surface area contributed by atoms with Crippen LogP contribution in [0.15, 0.2) is 30.6 Å². The summed E-state index contributed by atoms with van der Waals surface area (Å²) in [5.41, 5.74) is 2.33. The molecule has 1 N–H and O–H groups in total. The number of nitrogens with one attached hydrogen (secondary N) is 1. The molecule has 6 nitrogen and oxygen atoms in total. The number of carbonyl (C=O) groups excluding carboxylic acids is 1. The lowest BCUT2D eigenvalue weighted by Crippen LogP contribution is -2.28. The Morgan fingerprint density at radius 1 is 1.07 bits per heavy atom. The van der Waals surface area contributed by atoms with Gasteiger partial charge in [-0.1, -0.05) is 13.8 Å². The monoisotopic (exact) mass is 415 g/mol. The van der Waals surface area contributed by atoms with Gasteiger partial charge in [-0.15, -0.1) is 0 Å². The van der Waals surface area contributed by atoms with E-state index in [4.69, 9.17) is 0 Å². The van der Waals surface area contributed by atoms with Gasteiger partial charge >= 0.3 is 6.18 Å². The Hall–Kier alpha value is -3.07. The zero-order valence-electron chi connectivity index (χ0n) is 16.5. The van der Waals surface area contributed by atoms with Crippen molar-refractivity contribution in [2.24, 2.45) is 0 Å². The number of hydrogen-bond acceptors (Lipinski definition) is 6. The maximum atomic E-state index is 13.0. The third-order valence-electron chi connectivity index (χ3n) is 5.29. The Bertz CT molecular complexity index is 1130. The van der Waals surface area contributed by atoms with Crippen molar-refractivity contribution in [3.05, 3.63) is 47.7 Å². The molecule has 0 unspecified atom stereocenters. The fourth-order valence-corrected chi connectivity index (χ4v) is 3.67. The largest absolute Gasteiger partial charge is 0.451 e.